The molecule has 0 aliphatic carbocycles. The van der Waals surface area contributed by atoms with Gasteiger partial charge in [-0.3, -0.25) is 4.79 Å². The van der Waals surface area contributed by atoms with Gasteiger partial charge in [-0.15, -0.1) is 11.3 Å². The van der Waals surface area contributed by atoms with Crippen LogP contribution in [0.15, 0.2) is 24.4 Å². The molecule has 1 N–H and O–H groups in total. The number of carbonyl (C=O) groups is 1. The molecule has 0 aliphatic rings. The number of aromatic nitrogens is 1. The molecule has 0 aliphatic heterocycles. The van der Waals surface area contributed by atoms with Gasteiger partial charge in [0.25, 0.3) is 5.91 Å². The number of hydrogen-bond acceptors (Lipinski definition) is 3. The van der Waals surface area contributed by atoms with E-state index in [4.69, 9.17) is 0 Å². The Morgan fingerprint density at radius 3 is 2.74 bits per heavy atom. The molecule has 0 spiro atoms. The lowest BCUT2D eigenvalue weighted by molar-refractivity contribution is 0.0939. The minimum Gasteiger partial charge on any atom is -0.343 e. The summed E-state index contributed by atoms with van der Waals surface area (Å²) in [5, 5.41) is 3.74. The Labute approximate surface area is 115 Å². The first-order valence-electron chi connectivity index (χ1n) is 5.96. The molecular formula is C14H15FN2OS. The highest BCUT2D eigenvalue weighted by atomic mass is 32.1. The number of nitrogens with zero attached hydrogens (tertiary/aromatic N) is 1. The van der Waals surface area contributed by atoms with Crippen LogP contribution in [-0.4, -0.2) is 10.9 Å². The second-order valence-corrected chi connectivity index (χ2v) is 5.73. The van der Waals surface area contributed by atoms with Crippen molar-refractivity contribution < 1.29 is 9.18 Å². The summed E-state index contributed by atoms with van der Waals surface area (Å²) in [6.45, 7) is 5.57. The van der Waals surface area contributed by atoms with Crippen molar-refractivity contribution in [2.45, 2.75) is 26.8 Å². The van der Waals surface area contributed by atoms with Crippen molar-refractivity contribution in [3.63, 3.8) is 0 Å². The standard InChI is InChI=1S/C14H15FN2OS/c1-8-6-11(15)4-5-12(8)13(18)17-10(3)14-16-7-9(2)19-14/h4-7,10H,1-3H3,(H,17,18). The lowest BCUT2D eigenvalue weighted by Gasteiger charge is -2.12. The Balaban J connectivity index is 2.12. The molecule has 1 amide bonds. The lowest BCUT2D eigenvalue weighted by atomic mass is 10.1. The third kappa shape index (κ3) is 3.17. The molecule has 100 valence electrons. The van der Waals surface area contributed by atoms with Crippen molar-refractivity contribution >= 4 is 17.2 Å². The summed E-state index contributed by atoms with van der Waals surface area (Å²) in [5.74, 6) is -0.546. The van der Waals surface area contributed by atoms with Gasteiger partial charge in [0, 0.05) is 16.6 Å². The van der Waals surface area contributed by atoms with E-state index >= 15 is 0 Å². The molecule has 1 aromatic carbocycles. The Morgan fingerprint density at radius 1 is 1.42 bits per heavy atom. The topological polar surface area (TPSA) is 42.0 Å². The average molecular weight is 278 g/mol. The number of rotatable bonds is 3. The van der Waals surface area contributed by atoms with Crippen LogP contribution in [-0.2, 0) is 0 Å². The van der Waals surface area contributed by atoms with E-state index in [1.807, 2.05) is 13.8 Å². The summed E-state index contributed by atoms with van der Waals surface area (Å²) in [6, 6.07) is 3.99. The number of amides is 1. The van der Waals surface area contributed by atoms with Crippen LogP contribution in [0.1, 0.15) is 38.8 Å². The molecule has 0 radical (unpaired) electrons. The van der Waals surface area contributed by atoms with Crippen molar-refractivity contribution in [3.05, 3.63) is 51.2 Å². The SMILES string of the molecule is Cc1cnc(C(C)NC(=O)c2ccc(F)cc2C)s1. The van der Waals surface area contributed by atoms with Gasteiger partial charge in [-0.2, -0.15) is 0 Å². The number of halogens is 1. The number of hydrogen-bond donors (Lipinski definition) is 1. The molecule has 2 rings (SSSR count). The Hall–Kier alpha value is -1.75. The average Bonchev–Trinajstić information content (AvgIpc) is 2.75. The summed E-state index contributed by atoms with van der Waals surface area (Å²) < 4.78 is 13.0. The monoisotopic (exact) mass is 278 g/mol. The van der Waals surface area contributed by atoms with E-state index in [-0.39, 0.29) is 17.8 Å². The second kappa shape index (κ2) is 5.48. The van der Waals surface area contributed by atoms with E-state index in [1.165, 1.54) is 18.2 Å². The highest BCUT2D eigenvalue weighted by Crippen LogP contribution is 2.20. The van der Waals surface area contributed by atoms with Crippen LogP contribution in [0.2, 0.25) is 0 Å². The van der Waals surface area contributed by atoms with Gasteiger partial charge in [0.2, 0.25) is 0 Å². The molecule has 5 heteroatoms. The molecular weight excluding hydrogens is 263 g/mol. The number of thiazole rings is 1. The van der Waals surface area contributed by atoms with Gasteiger partial charge in [-0.05, 0) is 44.5 Å². The fourth-order valence-electron chi connectivity index (χ4n) is 1.79. The third-order valence-corrected chi connectivity index (χ3v) is 3.89. The summed E-state index contributed by atoms with van der Waals surface area (Å²) in [4.78, 5) is 17.5. The van der Waals surface area contributed by atoms with Crippen LogP contribution in [0.25, 0.3) is 0 Å². The molecule has 1 unspecified atom stereocenters. The maximum atomic E-state index is 13.0. The van der Waals surface area contributed by atoms with Crippen molar-refractivity contribution in [3.8, 4) is 0 Å². The Morgan fingerprint density at radius 2 is 2.16 bits per heavy atom. The molecule has 0 saturated heterocycles. The first-order chi connectivity index (χ1) is 8.97. The predicted octanol–water partition coefficient (Wildman–Crippen LogP) is 3.39. The molecule has 19 heavy (non-hydrogen) atoms. The quantitative estimate of drug-likeness (QED) is 0.935. The second-order valence-electron chi connectivity index (χ2n) is 4.46. The molecule has 1 heterocycles. The van der Waals surface area contributed by atoms with Gasteiger partial charge < -0.3 is 5.32 Å². The van der Waals surface area contributed by atoms with Crippen molar-refractivity contribution in [2.75, 3.05) is 0 Å². The van der Waals surface area contributed by atoms with Crippen molar-refractivity contribution in [1.29, 1.82) is 0 Å². The van der Waals surface area contributed by atoms with E-state index in [9.17, 15) is 9.18 Å². The van der Waals surface area contributed by atoms with Crippen molar-refractivity contribution in [2.24, 2.45) is 0 Å². The maximum Gasteiger partial charge on any atom is 0.252 e. The van der Waals surface area contributed by atoms with Crippen molar-refractivity contribution in [1.82, 2.24) is 10.3 Å². The van der Waals surface area contributed by atoms with E-state index < -0.39 is 0 Å². The highest BCUT2D eigenvalue weighted by Gasteiger charge is 2.15. The Kier molecular flexibility index (Phi) is 3.95. The molecule has 2 aromatic rings. The third-order valence-electron chi connectivity index (χ3n) is 2.79. The molecule has 3 nitrogen and oxygen atoms in total. The maximum absolute atomic E-state index is 13.0. The van der Waals surface area contributed by atoms with Crippen LogP contribution >= 0.6 is 11.3 Å². The number of benzene rings is 1. The normalized spacial score (nSPS) is 12.2. The van der Waals surface area contributed by atoms with E-state index in [2.05, 4.69) is 10.3 Å². The number of aryl methyl sites for hydroxylation is 2. The van der Waals surface area contributed by atoms with Gasteiger partial charge in [-0.25, -0.2) is 9.37 Å². The van der Waals surface area contributed by atoms with Gasteiger partial charge in [0.05, 0.1) is 6.04 Å². The van der Waals surface area contributed by atoms with Gasteiger partial charge in [0.15, 0.2) is 0 Å². The van der Waals surface area contributed by atoms with E-state index in [0.717, 1.165) is 9.88 Å². The van der Waals surface area contributed by atoms with Crippen LogP contribution in [0, 0.1) is 19.7 Å². The van der Waals surface area contributed by atoms with Gasteiger partial charge in [-0.1, -0.05) is 0 Å². The number of nitrogens with one attached hydrogen (secondary N) is 1. The minimum atomic E-state index is -0.336. The summed E-state index contributed by atoms with van der Waals surface area (Å²) in [6.07, 6.45) is 1.78. The molecule has 1 aromatic heterocycles. The largest absolute Gasteiger partial charge is 0.343 e. The van der Waals surface area contributed by atoms with Crippen LogP contribution in [0.4, 0.5) is 4.39 Å². The lowest BCUT2D eigenvalue weighted by Crippen LogP contribution is -2.27. The first kappa shape index (κ1) is 13.7. The van der Waals surface area contributed by atoms with Crippen LogP contribution < -0.4 is 5.32 Å². The molecule has 0 saturated carbocycles. The Bertz CT molecular complexity index is 609. The van der Waals surface area contributed by atoms with E-state index in [1.54, 1.807) is 24.5 Å². The summed E-state index contributed by atoms with van der Waals surface area (Å²) in [5.41, 5.74) is 1.11. The fraction of sp³-hybridized carbons (Fsp3) is 0.286. The first-order valence-corrected chi connectivity index (χ1v) is 6.78. The van der Waals surface area contributed by atoms with Crippen LogP contribution in [0.5, 0.6) is 0 Å². The smallest absolute Gasteiger partial charge is 0.252 e. The zero-order valence-corrected chi connectivity index (χ0v) is 11.8. The molecule has 1 atom stereocenters. The van der Waals surface area contributed by atoms with Crippen LogP contribution in [0.3, 0.4) is 0 Å². The highest BCUT2D eigenvalue weighted by molar-refractivity contribution is 7.11. The summed E-state index contributed by atoms with van der Waals surface area (Å²) in [7, 11) is 0. The molecule has 0 fully saturated rings. The predicted molar refractivity (Wildman–Crippen MR) is 73.9 cm³/mol. The number of carbonyl (C=O) groups excluding carboxylic acids is 1. The van der Waals surface area contributed by atoms with E-state index in [0.29, 0.717) is 11.1 Å². The fourth-order valence-corrected chi connectivity index (χ4v) is 2.57. The molecule has 0 bridgehead atoms. The van der Waals surface area contributed by atoms with Gasteiger partial charge in [0.1, 0.15) is 10.8 Å². The summed E-state index contributed by atoms with van der Waals surface area (Å²) >= 11 is 1.55. The zero-order chi connectivity index (χ0) is 14.0. The minimum absolute atomic E-state index is 0.157. The van der Waals surface area contributed by atoms with Gasteiger partial charge >= 0.3 is 0 Å². The zero-order valence-electron chi connectivity index (χ0n) is 11.0.